The molecule has 9 heteroatoms. The highest BCUT2D eigenvalue weighted by Crippen LogP contribution is 2.21. The number of alkyl carbamates (subject to hydrolysis) is 1. The van der Waals surface area contributed by atoms with Crippen LogP contribution in [0.3, 0.4) is 0 Å². The second-order valence-electron chi connectivity index (χ2n) is 8.79. The summed E-state index contributed by atoms with van der Waals surface area (Å²) in [5.41, 5.74) is 2.42. The summed E-state index contributed by atoms with van der Waals surface area (Å²) in [6, 6.07) is 9.46. The molecule has 180 valence electrons. The second-order valence-corrected chi connectivity index (χ2v) is 8.79. The first-order valence-corrected chi connectivity index (χ1v) is 11.3. The Labute approximate surface area is 200 Å². The predicted octanol–water partition coefficient (Wildman–Crippen LogP) is 4.61. The predicted molar refractivity (Wildman–Crippen MR) is 130 cm³/mol. The molecule has 2 heterocycles. The van der Waals surface area contributed by atoms with Gasteiger partial charge < -0.3 is 20.1 Å². The van der Waals surface area contributed by atoms with Crippen LogP contribution < -0.4 is 15.4 Å². The molecule has 0 atom stereocenters. The third-order valence-electron chi connectivity index (χ3n) is 4.64. The van der Waals surface area contributed by atoms with Gasteiger partial charge in [-0.2, -0.15) is 4.98 Å². The zero-order valence-corrected chi connectivity index (χ0v) is 20.4. The summed E-state index contributed by atoms with van der Waals surface area (Å²) in [5.74, 6) is 2.29. The van der Waals surface area contributed by atoms with Crippen LogP contribution in [0.1, 0.15) is 50.3 Å². The van der Waals surface area contributed by atoms with E-state index in [1.165, 1.54) is 0 Å². The third kappa shape index (κ3) is 8.31. The van der Waals surface area contributed by atoms with Crippen LogP contribution in [0.4, 0.5) is 10.7 Å². The molecule has 0 fully saturated rings. The van der Waals surface area contributed by atoms with Crippen molar-refractivity contribution in [2.75, 3.05) is 11.9 Å². The summed E-state index contributed by atoms with van der Waals surface area (Å²) < 4.78 is 11.2. The topological polar surface area (TPSA) is 111 Å². The van der Waals surface area contributed by atoms with Crippen molar-refractivity contribution < 1.29 is 14.3 Å². The normalized spacial score (nSPS) is 11.1. The van der Waals surface area contributed by atoms with Crippen molar-refractivity contribution in [1.82, 2.24) is 25.3 Å². The zero-order chi connectivity index (χ0) is 24.6. The van der Waals surface area contributed by atoms with Gasteiger partial charge in [0, 0.05) is 25.0 Å². The number of carbonyl (C=O) groups is 1. The molecule has 0 aliphatic rings. The average Bonchev–Trinajstić information content (AvgIpc) is 2.78. The first-order valence-electron chi connectivity index (χ1n) is 11.3. The summed E-state index contributed by atoms with van der Waals surface area (Å²) in [6.07, 6.45) is 4.79. The number of nitrogens with one attached hydrogen (secondary N) is 2. The molecule has 0 aliphatic carbocycles. The van der Waals surface area contributed by atoms with E-state index in [0.29, 0.717) is 42.9 Å². The van der Waals surface area contributed by atoms with E-state index in [4.69, 9.17) is 9.47 Å². The van der Waals surface area contributed by atoms with Gasteiger partial charge >= 0.3 is 6.09 Å². The van der Waals surface area contributed by atoms with Crippen LogP contribution in [-0.4, -0.2) is 38.2 Å². The molecular weight excluding hydrogens is 432 g/mol. The Hall–Kier alpha value is -3.75. The molecule has 0 saturated heterocycles. The SMILES string of the molecule is CCc1cnc(NCc2cc(Oc3ccc(CCNC(=O)OC(C)(C)C)cc3)nc(C)n2)nc1. The summed E-state index contributed by atoms with van der Waals surface area (Å²) in [4.78, 5) is 29.2. The van der Waals surface area contributed by atoms with Gasteiger partial charge in [-0.25, -0.2) is 19.7 Å². The molecule has 3 rings (SSSR count). The van der Waals surface area contributed by atoms with Gasteiger partial charge in [0.1, 0.15) is 17.2 Å². The van der Waals surface area contributed by atoms with Gasteiger partial charge in [-0.05, 0) is 63.8 Å². The van der Waals surface area contributed by atoms with E-state index in [2.05, 4.69) is 37.5 Å². The van der Waals surface area contributed by atoms with E-state index in [-0.39, 0.29) is 0 Å². The lowest BCUT2D eigenvalue weighted by atomic mass is 10.1. The van der Waals surface area contributed by atoms with E-state index in [1.54, 1.807) is 6.07 Å². The van der Waals surface area contributed by atoms with E-state index in [1.807, 2.05) is 64.4 Å². The Balaban J connectivity index is 1.52. The first-order chi connectivity index (χ1) is 16.2. The van der Waals surface area contributed by atoms with Crippen molar-refractivity contribution in [3.63, 3.8) is 0 Å². The van der Waals surface area contributed by atoms with Crippen LogP contribution in [0, 0.1) is 6.92 Å². The molecule has 0 bridgehead atoms. The van der Waals surface area contributed by atoms with Crippen molar-refractivity contribution in [3.8, 4) is 11.6 Å². The van der Waals surface area contributed by atoms with Gasteiger partial charge in [-0.3, -0.25) is 0 Å². The van der Waals surface area contributed by atoms with Crippen LogP contribution in [0.5, 0.6) is 11.6 Å². The van der Waals surface area contributed by atoms with Crippen LogP contribution in [0.15, 0.2) is 42.7 Å². The first kappa shape index (κ1) is 24.9. The van der Waals surface area contributed by atoms with Gasteiger partial charge in [-0.15, -0.1) is 0 Å². The largest absolute Gasteiger partial charge is 0.444 e. The fourth-order valence-corrected chi connectivity index (χ4v) is 3.01. The standard InChI is InChI=1S/C25H32N6O3/c1-6-18-14-27-23(28-15-18)29-16-20-13-22(31-17(2)30-20)33-21-9-7-19(8-10-21)11-12-26-24(32)34-25(3,4)5/h7-10,13-15H,6,11-12,16H2,1-5H3,(H,26,32)(H,27,28,29). The number of benzene rings is 1. The third-order valence-corrected chi connectivity index (χ3v) is 4.64. The van der Waals surface area contributed by atoms with Crippen LogP contribution >= 0.6 is 0 Å². The molecule has 3 aromatic rings. The minimum Gasteiger partial charge on any atom is -0.444 e. The molecule has 2 N–H and O–H groups in total. The molecule has 1 aromatic carbocycles. The number of ether oxygens (including phenoxy) is 2. The Morgan fingerprint density at radius 1 is 1.03 bits per heavy atom. The van der Waals surface area contributed by atoms with Crippen molar-refractivity contribution in [2.45, 2.75) is 59.6 Å². The lowest BCUT2D eigenvalue weighted by molar-refractivity contribution is 0.0528. The van der Waals surface area contributed by atoms with Crippen LogP contribution in [-0.2, 0) is 24.1 Å². The van der Waals surface area contributed by atoms with E-state index in [0.717, 1.165) is 23.2 Å². The number of amides is 1. The second kappa shape index (κ2) is 11.4. The minimum absolute atomic E-state index is 0.415. The number of carbonyl (C=O) groups excluding carboxylic acids is 1. The Bertz CT molecular complexity index is 1080. The Morgan fingerprint density at radius 3 is 2.38 bits per heavy atom. The van der Waals surface area contributed by atoms with Crippen molar-refractivity contribution in [2.24, 2.45) is 0 Å². The highest BCUT2D eigenvalue weighted by atomic mass is 16.6. The molecule has 34 heavy (non-hydrogen) atoms. The lowest BCUT2D eigenvalue weighted by Gasteiger charge is -2.19. The molecule has 0 saturated carbocycles. The van der Waals surface area contributed by atoms with E-state index in [9.17, 15) is 4.79 Å². The quantitative estimate of drug-likeness (QED) is 0.472. The van der Waals surface area contributed by atoms with Crippen molar-refractivity contribution in [3.05, 3.63) is 65.4 Å². The van der Waals surface area contributed by atoms with Gasteiger partial charge in [0.25, 0.3) is 0 Å². The van der Waals surface area contributed by atoms with Gasteiger partial charge in [-0.1, -0.05) is 19.1 Å². The Kier molecular flexibility index (Phi) is 8.34. The number of hydrogen-bond donors (Lipinski definition) is 2. The maximum atomic E-state index is 11.7. The maximum absolute atomic E-state index is 11.7. The van der Waals surface area contributed by atoms with E-state index >= 15 is 0 Å². The number of nitrogens with zero attached hydrogens (tertiary/aromatic N) is 4. The monoisotopic (exact) mass is 464 g/mol. The van der Waals surface area contributed by atoms with Gasteiger partial charge in [0.15, 0.2) is 0 Å². The molecular formula is C25H32N6O3. The fourth-order valence-electron chi connectivity index (χ4n) is 3.01. The summed E-state index contributed by atoms with van der Waals surface area (Å²) in [7, 11) is 0. The van der Waals surface area contributed by atoms with E-state index < -0.39 is 11.7 Å². The van der Waals surface area contributed by atoms with Crippen LogP contribution in [0.25, 0.3) is 0 Å². The maximum Gasteiger partial charge on any atom is 0.407 e. The number of aryl methyl sites for hydroxylation is 2. The molecule has 2 aromatic heterocycles. The Morgan fingerprint density at radius 2 is 1.74 bits per heavy atom. The highest BCUT2D eigenvalue weighted by molar-refractivity contribution is 5.67. The molecule has 9 nitrogen and oxygen atoms in total. The molecule has 0 unspecified atom stereocenters. The zero-order valence-electron chi connectivity index (χ0n) is 20.4. The lowest BCUT2D eigenvalue weighted by Crippen LogP contribution is -2.33. The number of aromatic nitrogens is 4. The smallest absolute Gasteiger partial charge is 0.407 e. The number of hydrogen-bond acceptors (Lipinski definition) is 8. The summed E-state index contributed by atoms with van der Waals surface area (Å²) in [5, 5.41) is 5.93. The van der Waals surface area contributed by atoms with Crippen LogP contribution in [0.2, 0.25) is 0 Å². The van der Waals surface area contributed by atoms with Crippen molar-refractivity contribution in [1.29, 1.82) is 0 Å². The number of anilines is 1. The van der Waals surface area contributed by atoms with Gasteiger partial charge in [0.05, 0.1) is 12.2 Å². The van der Waals surface area contributed by atoms with Gasteiger partial charge in [0.2, 0.25) is 11.8 Å². The number of rotatable bonds is 9. The fraction of sp³-hybridized carbons (Fsp3) is 0.400. The highest BCUT2D eigenvalue weighted by Gasteiger charge is 2.15. The molecule has 0 radical (unpaired) electrons. The average molecular weight is 465 g/mol. The molecule has 0 spiro atoms. The molecule has 0 aliphatic heterocycles. The van der Waals surface area contributed by atoms with Crippen molar-refractivity contribution >= 4 is 12.0 Å². The summed E-state index contributed by atoms with van der Waals surface area (Å²) >= 11 is 0. The minimum atomic E-state index is -0.508. The summed E-state index contributed by atoms with van der Waals surface area (Å²) in [6.45, 7) is 10.3. The molecule has 1 amide bonds.